The Hall–Kier alpha value is -2.41. The normalized spacial score (nSPS) is 17.6. The van der Waals surface area contributed by atoms with Gasteiger partial charge in [-0.1, -0.05) is 31.2 Å². The van der Waals surface area contributed by atoms with Gasteiger partial charge in [-0.3, -0.25) is 4.90 Å². The van der Waals surface area contributed by atoms with Gasteiger partial charge in [0.1, 0.15) is 6.33 Å². The van der Waals surface area contributed by atoms with E-state index in [4.69, 9.17) is 0 Å². The third-order valence-corrected chi connectivity index (χ3v) is 5.07. The number of carbonyl (C=O) groups is 1. The van der Waals surface area contributed by atoms with Crippen LogP contribution in [0.1, 0.15) is 43.6 Å². The van der Waals surface area contributed by atoms with Gasteiger partial charge in [0, 0.05) is 26.2 Å². The maximum Gasteiger partial charge on any atom is 0.315 e. The zero-order chi connectivity index (χ0) is 19.1. The first-order valence-corrected chi connectivity index (χ1v) is 9.82. The molecule has 146 valence electrons. The van der Waals surface area contributed by atoms with Crippen LogP contribution in [-0.4, -0.2) is 38.8 Å². The molecule has 0 radical (unpaired) electrons. The Labute approximate surface area is 161 Å². The van der Waals surface area contributed by atoms with Crippen molar-refractivity contribution in [3.63, 3.8) is 0 Å². The standard InChI is InChI=1S/C20H30N6O/c1-3-26-15-23-24-19(26)12-22-20(27)21-11-17-6-8-18(9-7-17)14-25-10-4-5-16(2)13-25/h6-9,15-16H,3-5,10-14H2,1-2H3,(H2,21,22,27)/t16-/m1/s1. The van der Waals surface area contributed by atoms with E-state index in [1.165, 1.54) is 31.5 Å². The molecule has 0 bridgehead atoms. The Morgan fingerprint density at radius 1 is 1.19 bits per heavy atom. The number of aryl methyl sites for hydroxylation is 1. The minimum atomic E-state index is -0.202. The Morgan fingerprint density at radius 3 is 2.67 bits per heavy atom. The minimum Gasteiger partial charge on any atom is -0.334 e. The second kappa shape index (κ2) is 9.50. The van der Waals surface area contributed by atoms with Crippen molar-refractivity contribution in [1.29, 1.82) is 0 Å². The fourth-order valence-electron chi connectivity index (χ4n) is 3.54. The summed E-state index contributed by atoms with van der Waals surface area (Å²) in [6, 6.07) is 8.32. The summed E-state index contributed by atoms with van der Waals surface area (Å²) in [7, 11) is 0. The quantitative estimate of drug-likeness (QED) is 0.785. The molecule has 2 amide bonds. The molecule has 1 atom stereocenters. The topological polar surface area (TPSA) is 75.1 Å². The lowest BCUT2D eigenvalue weighted by Crippen LogP contribution is -2.35. The van der Waals surface area contributed by atoms with Crippen LogP contribution >= 0.6 is 0 Å². The molecule has 0 unspecified atom stereocenters. The lowest BCUT2D eigenvalue weighted by molar-refractivity contribution is 0.176. The number of urea groups is 1. The molecule has 0 spiro atoms. The summed E-state index contributed by atoms with van der Waals surface area (Å²) in [4.78, 5) is 14.5. The van der Waals surface area contributed by atoms with Crippen molar-refractivity contribution in [2.24, 2.45) is 5.92 Å². The summed E-state index contributed by atoms with van der Waals surface area (Å²) in [5, 5.41) is 13.6. The van der Waals surface area contributed by atoms with E-state index in [0.717, 1.165) is 30.4 Å². The van der Waals surface area contributed by atoms with E-state index >= 15 is 0 Å². The number of nitrogens with one attached hydrogen (secondary N) is 2. The Bertz CT molecular complexity index is 726. The molecule has 2 heterocycles. The third-order valence-electron chi connectivity index (χ3n) is 5.07. The number of carbonyl (C=O) groups excluding carboxylic acids is 1. The van der Waals surface area contributed by atoms with Crippen LogP contribution in [-0.2, 0) is 26.2 Å². The molecule has 1 saturated heterocycles. The van der Waals surface area contributed by atoms with Crippen LogP contribution < -0.4 is 10.6 Å². The second-order valence-corrected chi connectivity index (χ2v) is 7.37. The highest BCUT2D eigenvalue weighted by Gasteiger charge is 2.16. The average Bonchev–Trinajstić information content (AvgIpc) is 3.13. The third kappa shape index (κ3) is 5.79. The summed E-state index contributed by atoms with van der Waals surface area (Å²) in [5.74, 6) is 1.55. The smallest absolute Gasteiger partial charge is 0.315 e. The van der Waals surface area contributed by atoms with Crippen molar-refractivity contribution in [3.05, 3.63) is 47.5 Å². The van der Waals surface area contributed by atoms with E-state index < -0.39 is 0 Å². The molecular formula is C20H30N6O. The van der Waals surface area contributed by atoms with E-state index in [0.29, 0.717) is 13.1 Å². The highest BCUT2D eigenvalue weighted by molar-refractivity contribution is 5.73. The number of nitrogens with zero attached hydrogens (tertiary/aromatic N) is 4. The largest absolute Gasteiger partial charge is 0.334 e. The molecule has 2 aromatic rings. The molecule has 0 saturated carbocycles. The summed E-state index contributed by atoms with van der Waals surface area (Å²) in [6.45, 7) is 9.40. The first kappa shape index (κ1) is 19.4. The average molecular weight is 371 g/mol. The number of benzene rings is 1. The van der Waals surface area contributed by atoms with Crippen LogP contribution in [0.3, 0.4) is 0 Å². The van der Waals surface area contributed by atoms with Crippen molar-refractivity contribution in [2.45, 2.75) is 52.9 Å². The molecule has 2 N–H and O–H groups in total. The summed E-state index contributed by atoms with van der Waals surface area (Å²) < 4.78 is 1.90. The van der Waals surface area contributed by atoms with Gasteiger partial charge < -0.3 is 15.2 Å². The molecule has 1 aromatic carbocycles. The maximum atomic E-state index is 12.0. The monoisotopic (exact) mass is 370 g/mol. The highest BCUT2D eigenvalue weighted by Crippen LogP contribution is 2.18. The maximum absolute atomic E-state index is 12.0. The molecule has 0 aliphatic carbocycles. The van der Waals surface area contributed by atoms with E-state index in [-0.39, 0.29) is 6.03 Å². The van der Waals surface area contributed by atoms with Crippen molar-refractivity contribution in [1.82, 2.24) is 30.3 Å². The highest BCUT2D eigenvalue weighted by atomic mass is 16.2. The van der Waals surface area contributed by atoms with E-state index in [1.807, 2.05) is 11.5 Å². The fourth-order valence-corrected chi connectivity index (χ4v) is 3.54. The van der Waals surface area contributed by atoms with E-state index in [1.54, 1.807) is 6.33 Å². The van der Waals surface area contributed by atoms with Crippen LogP contribution in [0.5, 0.6) is 0 Å². The molecule has 3 rings (SSSR count). The first-order valence-electron chi connectivity index (χ1n) is 9.82. The number of piperidine rings is 1. The van der Waals surface area contributed by atoms with Crippen molar-refractivity contribution < 1.29 is 4.79 Å². The van der Waals surface area contributed by atoms with E-state index in [9.17, 15) is 4.79 Å². The molecule has 27 heavy (non-hydrogen) atoms. The lowest BCUT2D eigenvalue weighted by atomic mass is 9.99. The Balaban J connectivity index is 1.41. The van der Waals surface area contributed by atoms with Gasteiger partial charge in [0.2, 0.25) is 0 Å². The predicted octanol–water partition coefficient (Wildman–Crippen LogP) is 2.53. The molecular weight excluding hydrogens is 340 g/mol. The first-order chi connectivity index (χ1) is 13.1. The number of hydrogen-bond donors (Lipinski definition) is 2. The van der Waals surface area contributed by atoms with Crippen molar-refractivity contribution in [2.75, 3.05) is 13.1 Å². The van der Waals surface area contributed by atoms with E-state index in [2.05, 4.69) is 56.9 Å². The number of amides is 2. The second-order valence-electron chi connectivity index (χ2n) is 7.37. The van der Waals surface area contributed by atoms with Gasteiger partial charge in [-0.05, 0) is 43.4 Å². The number of rotatable bonds is 7. The molecule has 1 aromatic heterocycles. The Morgan fingerprint density at radius 2 is 1.93 bits per heavy atom. The van der Waals surface area contributed by atoms with Crippen LogP contribution in [0.4, 0.5) is 4.79 Å². The van der Waals surface area contributed by atoms with Gasteiger partial charge in [0.05, 0.1) is 6.54 Å². The Kier molecular flexibility index (Phi) is 6.81. The van der Waals surface area contributed by atoms with Gasteiger partial charge in [0.15, 0.2) is 5.82 Å². The van der Waals surface area contributed by atoms with Crippen LogP contribution in [0, 0.1) is 5.92 Å². The van der Waals surface area contributed by atoms with Crippen molar-refractivity contribution in [3.8, 4) is 0 Å². The minimum absolute atomic E-state index is 0.202. The van der Waals surface area contributed by atoms with Crippen LogP contribution in [0.25, 0.3) is 0 Å². The van der Waals surface area contributed by atoms with Gasteiger partial charge in [0.25, 0.3) is 0 Å². The number of hydrogen-bond acceptors (Lipinski definition) is 4. The van der Waals surface area contributed by atoms with Crippen LogP contribution in [0.15, 0.2) is 30.6 Å². The molecule has 1 fully saturated rings. The zero-order valence-corrected chi connectivity index (χ0v) is 16.3. The fraction of sp³-hybridized carbons (Fsp3) is 0.550. The molecule has 1 aliphatic rings. The van der Waals surface area contributed by atoms with Gasteiger partial charge in [-0.25, -0.2) is 4.79 Å². The molecule has 7 nitrogen and oxygen atoms in total. The van der Waals surface area contributed by atoms with Gasteiger partial charge in [-0.15, -0.1) is 10.2 Å². The van der Waals surface area contributed by atoms with Crippen LogP contribution in [0.2, 0.25) is 0 Å². The number of likely N-dealkylation sites (tertiary alicyclic amines) is 1. The zero-order valence-electron chi connectivity index (χ0n) is 16.3. The predicted molar refractivity (Wildman–Crippen MR) is 105 cm³/mol. The summed E-state index contributed by atoms with van der Waals surface area (Å²) in [6.07, 6.45) is 4.31. The molecule has 7 heteroatoms. The lowest BCUT2D eigenvalue weighted by Gasteiger charge is -2.30. The van der Waals surface area contributed by atoms with Crippen molar-refractivity contribution >= 4 is 6.03 Å². The van der Waals surface area contributed by atoms with Gasteiger partial charge >= 0.3 is 6.03 Å². The summed E-state index contributed by atoms with van der Waals surface area (Å²) >= 11 is 0. The van der Waals surface area contributed by atoms with Gasteiger partial charge in [-0.2, -0.15) is 0 Å². The summed E-state index contributed by atoms with van der Waals surface area (Å²) in [5.41, 5.74) is 2.42. The number of aromatic nitrogens is 3. The SMILES string of the molecule is CCn1cnnc1CNC(=O)NCc1ccc(CN2CCC[C@@H](C)C2)cc1. The molecule has 1 aliphatic heterocycles.